The van der Waals surface area contributed by atoms with E-state index < -0.39 is 26.6 Å². The Morgan fingerprint density at radius 3 is 2.52 bits per heavy atom. The molecule has 0 spiro atoms. The number of nitrogens with one attached hydrogen (secondary N) is 1. The molecule has 0 bridgehead atoms. The first kappa shape index (κ1) is 23.5. The first-order valence-electron chi connectivity index (χ1n) is 10.9. The van der Waals surface area contributed by atoms with Crippen molar-refractivity contribution in [2.45, 2.75) is 37.5 Å². The van der Waals surface area contributed by atoms with E-state index in [1.165, 1.54) is 10.4 Å². The Balaban J connectivity index is 1.38. The van der Waals surface area contributed by atoms with Crippen LogP contribution in [0, 0.1) is 12.7 Å². The van der Waals surface area contributed by atoms with Crippen LogP contribution in [0.2, 0.25) is 0 Å². The Kier molecular flexibility index (Phi) is 7.21. The lowest BCUT2D eigenvalue weighted by Gasteiger charge is -2.26. The van der Waals surface area contributed by atoms with Gasteiger partial charge in [0.05, 0.1) is 10.7 Å². The Hall–Kier alpha value is -2.62. The van der Waals surface area contributed by atoms with E-state index in [1.54, 1.807) is 11.3 Å². The molecule has 174 valence electrons. The van der Waals surface area contributed by atoms with E-state index in [-0.39, 0.29) is 5.56 Å². The molecule has 0 radical (unpaired) electrons. The third kappa shape index (κ3) is 5.48. The van der Waals surface area contributed by atoms with Crippen molar-refractivity contribution < 1.29 is 17.6 Å². The van der Waals surface area contributed by atoms with E-state index in [0.29, 0.717) is 26.1 Å². The van der Waals surface area contributed by atoms with Crippen LogP contribution in [0.5, 0.6) is 0 Å². The quantitative estimate of drug-likeness (QED) is 0.536. The average Bonchev–Trinajstić information content (AvgIpc) is 3.26. The van der Waals surface area contributed by atoms with Crippen molar-refractivity contribution >= 4 is 27.3 Å². The summed E-state index contributed by atoms with van der Waals surface area (Å²) in [5, 5.41) is 5.83. The van der Waals surface area contributed by atoms with E-state index in [4.69, 9.17) is 0 Å². The molecule has 6 nitrogen and oxygen atoms in total. The number of halogens is 1. The molecule has 9 heteroatoms. The van der Waals surface area contributed by atoms with Gasteiger partial charge in [-0.2, -0.15) is 4.31 Å². The van der Waals surface area contributed by atoms with Crippen LogP contribution in [0.4, 0.5) is 4.39 Å². The van der Waals surface area contributed by atoms with Gasteiger partial charge < -0.3 is 5.32 Å². The summed E-state index contributed by atoms with van der Waals surface area (Å²) in [6.07, 6.45) is 3.09. The van der Waals surface area contributed by atoms with Crippen LogP contribution < -0.4 is 5.32 Å². The number of carbonyl (C=O) groups excluding carboxylic acids is 1. The molecule has 0 atom stereocenters. The number of amides is 1. The summed E-state index contributed by atoms with van der Waals surface area (Å²) in [4.78, 5) is 16.6. The van der Waals surface area contributed by atoms with Crippen molar-refractivity contribution in [3.05, 3.63) is 69.8 Å². The molecule has 2 heterocycles. The minimum Gasteiger partial charge on any atom is -0.352 e. The van der Waals surface area contributed by atoms with Gasteiger partial charge in [0.25, 0.3) is 5.91 Å². The molecule has 0 aliphatic carbocycles. The lowest BCUT2D eigenvalue weighted by molar-refractivity contribution is 0.0954. The topological polar surface area (TPSA) is 79.4 Å². The van der Waals surface area contributed by atoms with Gasteiger partial charge in [-0.25, -0.2) is 17.8 Å². The fourth-order valence-electron chi connectivity index (χ4n) is 3.85. The highest BCUT2D eigenvalue weighted by Gasteiger charge is 2.29. The Labute approximate surface area is 197 Å². The zero-order chi connectivity index (χ0) is 23.4. The molecule has 1 fully saturated rings. The number of hydrogen-bond acceptors (Lipinski definition) is 5. The third-order valence-corrected chi connectivity index (χ3v) is 8.38. The number of aryl methyl sites for hydroxylation is 1. The van der Waals surface area contributed by atoms with Crippen molar-refractivity contribution in [3.8, 4) is 11.3 Å². The highest BCUT2D eigenvalue weighted by Crippen LogP contribution is 2.24. The van der Waals surface area contributed by atoms with Crippen molar-refractivity contribution in [2.75, 3.05) is 19.6 Å². The molecular weight excluding hydrogens is 461 g/mol. The molecular formula is C24H26FN3O3S2. The number of nitrogens with zero attached hydrogens (tertiary/aromatic N) is 2. The van der Waals surface area contributed by atoms with E-state index in [9.17, 15) is 17.6 Å². The molecule has 1 aliphatic heterocycles. The predicted octanol–water partition coefficient (Wildman–Crippen LogP) is 4.40. The molecule has 0 saturated carbocycles. The Morgan fingerprint density at radius 2 is 1.85 bits per heavy atom. The summed E-state index contributed by atoms with van der Waals surface area (Å²) >= 11 is 1.61. The van der Waals surface area contributed by atoms with Crippen LogP contribution in [0.1, 0.15) is 40.2 Å². The molecule has 2 aromatic carbocycles. The molecule has 0 unspecified atom stereocenters. The van der Waals surface area contributed by atoms with Gasteiger partial charge in [-0.15, -0.1) is 11.3 Å². The number of aromatic nitrogens is 1. The van der Waals surface area contributed by atoms with Crippen molar-refractivity contribution in [1.29, 1.82) is 0 Å². The Bertz CT molecular complexity index is 1230. The lowest BCUT2D eigenvalue weighted by Crippen LogP contribution is -2.36. The summed E-state index contributed by atoms with van der Waals surface area (Å²) in [6, 6.07) is 11.5. The number of piperidine rings is 1. The normalized spacial score (nSPS) is 14.8. The second-order valence-electron chi connectivity index (χ2n) is 8.06. The van der Waals surface area contributed by atoms with Gasteiger partial charge in [0, 0.05) is 36.1 Å². The van der Waals surface area contributed by atoms with Gasteiger partial charge in [0.1, 0.15) is 10.7 Å². The lowest BCUT2D eigenvalue weighted by atomic mass is 10.1. The predicted molar refractivity (Wildman–Crippen MR) is 127 cm³/mol. The van der Waals surface area contributed by atoms with Gasteiger partial charge in [0.15, 0.2) is 0 Å². The molecule has 1 aliphatic rings. The molecule has 4 rings (SSSR count). The average molecular weight is 488 g/mol. The van der Waals surface area contributed by atoms with Crippen LogP contribution >= 0.6 is 11.3 Å². The maximum Gasteiger partial charge on any atom is 0.251 e. The highest BCUT2D eigenvalue weighted by atomic mass is 32.2. The van der Waals surface area contributed by atoms with Crippen LogP contribution in [0.15, 0.2) is 52.7 Å². The molecule has 1 aromatic heterocycles. The van der Waals surface area contributed by atoms with Crippen molar-refractivity contribution in [1.82, 2.24) is 14.6 Å². The maximum atomic E-state index is 14.4. The zero-order valence-electron chi connectivity index (χ0n) is 18.4. The smallest absolute Gasteiger partial charge is 0.251 e. The number of rotatable bonds is 7. The summed E-state index contributed by atoms with van der Waals surface area (Å²) in [5.41, 5.74) is 3.17. The summed E-state index contributed by atoms with van der Waals surface area (Å²) in [6.45, 7) is 3.09. The van der Waals surface area contributed by atoms with Gasteiger partial charge in [0.2, 0.25) is 10.0 Å². The minimum atomic E-state index is -3.96. The van der Waals surface area contributed by atoms with Gasteiger partial charge >= 0.3 is 0 Å². The number of benzene rings is 2. The van der Waals surface area contributed by atoms with Crippen LogP contribution in [-0.2, 0) is 16.4 Å². The number of sulfonamides is 1. The standard InChI is InChI=1S/C24H26FN3O3S2/c1-17-27-22(16-32-17)19-7-5-18(6-8-19)11-12-26-24(29)20-9-10-21(25)23(15-20)33(30,31)28-13-3-2-4-14-28/h5-10,15-16H,2-4,11-14H2,1H3,(H,26,29). The van der Waals surface area contributed by atoms with Gasteiger partial charge in [-0.05, 0) is 49.9 Å². The third-order valence-electron chi connectivity index (χ3n) is 5.69. The van der Waals surface area contributed by atoms with Crippen molar-refractivity contribution in [3.63, 3.8) is 0 Å². The molecule has 1 saturated heterocycles. The maximum absolute atomic E-state index is 14.4. The zero-order valence-corrected chi connectivity index (χ0v) is 20.0. The first-order chi connectivity index (χ1) is 15.8. The van der Waals surface area contributed by atoms with Gasteiger partial charge in [-0.3, -0.25) is 4.79 Å². The molecule has 3 aromatic rings. The second kappa shape index (κ2) is 10.1. The largest absolute Gasteiger partial charge is 0.352 e. The minimum absolute atomic E-state index is 0.126. The van der Waals surface area contributed by atoms with Crippen LogP contribution in [-0.4, -0.2) is 43.2 Å². The molecule has 33 heavy (non-hydrogen) atoms. The fourth-order valence-corrected chi connectivity index (χ4v) is 6.08. The molecule has 1 N–H and O–H groups in total. The van der Waals surface area contributed by atoms with E-state index in [1.807, 2.05) is 36.6 Å². The summed E-state index contributed by atoms with van der Waals surface area (Å²) in [5.74, 6) is -1.27. The van der Waals surface area contributed by atoms with Crippen LogP contribution in [0.3, 0.4) is 0 Å². The summed E-state index contributed by atoms with van der Waals surface area (Å²) < 4.78 is 41.4. The van der Waals surface area contributed by atoms with E-state index in [2.05, 4.69) is 10.3 Å². The van der Waals surface area contributed by atoms with Crippen LogP contribution in [0.25, 0.3) is 11.3 Å². The SMILES string of the molecule is Cc1nc(-c2ccc(CCNC(=O)c3ccc(F)c(S(=O)(=O)N4CCCCC4)c3)cc2)cs1. The summed E-state index contributed by atoms with van der Waals surface area (Å²) in [7, 11) is -3.96. The fraction of sp³-hybridized carbons (Fsp3) is 0.333. The highest BCUT2D eigenvalue weighted by molar-refractivity contribution is 7.89. The second-order valence-corrected chi connectivity index (χ2v) is 11.0. The molecule has 1 amide bonds. The number of carbonyl (C=O) groups is 1. The monoisotopic (exact) mass is 487 g/mol. The van der Waals surface area contributed by atoms with Crippen molar-refractivity contribution in [2.24, 2.45) is 0 Å². The number of hydrogen-bond donors (Lipinski definition) is 1. The first-order valence-corrected chi connectivity index (χ1v) is 13.3. The Morgan fingerprint density at radius 1 is 1.12 bits per heavy atom. The van der Waals surface area contributed by atoms with E-state index >= 15 is 0 Å². The van der Waals surface area contributed by atoms with E-state index in [0.717, 1.165) is 53.2 Å². The van der Waals surface area contributed by atoms with Gasteiger partial charge in [-0.1, -0.05) is 30.7 Å². The number of thiazole rings is 1.